The zero-order valence-electron chi connectivity index (χ0n) is 12.9. The highest BCUT2D eigenvalue weighted by molar-refractivity contribution is 5.36. The van der Waals surface area contributed by atoms with Crippen molar-refractivity contribution in [3.63, 3.8) is 0 Å². The lowest BCUT2D eigenvalue weighted by atomic mass is 9.77. The third-order valence-corrected chi connectivity index (χ3v) is 3.98. The van der Waals surface area contributed by atoms with Gasteiger partial charge in [0, 0.05) is 30.6 Å². The molecule has 0 saturated carbocycles. The van der Waals surface area contributed by atoms with Gasteiger partial charge in [-0.1, -0.05) is 6.92 Å². The molecule has 0 aliphatic heterocycles. The van der Waals surface area contributed by atoms with Crippen LogP contribution in [0.4, 0.5) is 13.2 Å². The lowest BCUT2D eigenvalue weighted by Crippen LogP contribution is -2.46. The molecule has 2 aromatic rings. The van der Waals surface area contributed by atoms with Crippen molar-refractivity contribution in [2.75, 3.05) is 7.11 Å². The van der Waals surface area contributed by atoms with Crippen LogP contribution in [0.3, 0.4) is 0 Å². The number of methoxy groups -OCH3 is 1. The summed E-state index contributed by atoms with van der Waals surface area (Å²) >= 11 is 0. The van der Waals surface area contributed by atoms with E-state index in [0.717, 1.165) is 12.1 Å². The Balaban J connectivity index is 2.57. The lowest BCUT2D eigenvalue weighted by Gasteiger charge is -2.37. The number of hydrogen-bond acceptors (Lipinski definition) is 4. The largest absolute Gasteiger partial charge is 0.481 e. The number of ether oxygens (including phenoxy) is 1. The Bertz CT molecular complexity index is 677. The van der Waals surface area contributed by atoms with Gasteiger partial charge in [0.2, 0.25) is 5.88 Å². The minimum absolute atomic E-state index is 0.261. The fourth-order valence-corrected chi connectivity index (χ4v) is 2.60. The summed E-state index contributed by atoms with van der Waals surface area (Å²) in [4.78, 5) is 7.66. The predicted octanol–water partition coefficient (Wildman–Crippen LogP) is 3.35. The van der Waals surface area contributed by atoms with Crippen LogP contribution in [0, 0.1) is 6.92 Å². The molecule has 124 valence electrons. The van der Waals surface area contributed by atoms with Crippen molar-refractivity contribution in [3.8, 4) is 5.88 Å². The van der Waals surface area contributed by atoms with Crippen LogP contribution in [-0.4, -0.2) is 28.4 Å². The maximum Gasteiger partial charge on any atom is 0.422 e. The summed E-state index contributed by atoms with van der Waals surface area (Å²) < 4.78 is 46.0. The zero-order valence-corrected chi connectivity index (χ0v) is 12.9. The van der Waals surface area contributed by atoms with Crippen LogP contribution in [0.5, 0.6) is 5.88 Å². The first-order valence-corrected chi connectivity index (χ1v) is 6.92. The molecule has 0 spiro atoms. The Hall–Kier alpha value is -2.15. The highest BCUT2D eigenvalue weighted by Gasteiger charge is 2.58. The molecule has 2 heterocycles. The number of halogens is 3. The molecule has 0 aliphatic rings. The van der Waals surface area contributed by atoms with Crippen LogP contribution in [0.25, 0.3) is 0 Å². The molecule has 0 saturated heterocycles. The fraction of sp³-hybridized carbons (Fsp3) is 0.375. The van der Waals surface area contributed by atoms with Crippen molar-refractivity contribution in [2.45, 2.75) is 31.5 Å². The minimum atomic E-state index is -4.86. The van der Waals surface area contributed by atoms with Crippen LogP contribution in [-0.2, 0) is 5.60 Å². The number of nitrogens with zero attached hydrogens (tertiary/aromatic N) is 2. The first-order chi connectivity index (χ1) is 10.7. The maximum absolute atomic E-state index is 13.7. The van der Waals surface area contributed by atoms with E-state index in [1.54, 1.807) is 6.92 Å². The van der Waals surface area contributed by atoms with E-state index in [4.69, 9.17) is 4.74 Å². The summed E-state index contributed by atoms with van der Waals surface area (Å²) in [5.41, 5.74) is -2.46. The third-order valence-electron chi connectivity index (χ3n) is 3.98. The fourth-order valence-electron chi connectivity index (χ4n) is 2.60. The Morgan fingerprint density at radius 1 is 1.22 bits per heavy atom. The number of rotatable bonds is 4. The highest BCUT2D eigenvalue weighted by Crippen LogP contribution is 2.48. The van der Waals surface area contributed by atoms with E-state index in [2.05, 4.69) is 9.97 Å². The average molecular weight is 326 g/mol. The summed E-state index contributed by atoms with van der Waals surface area (Å²) in [5, 5.41) is 10.6. The molecule has 0 unspecified atom stereocenters. The molecule has 2 rings (SSSR count). The third kappa shape index (κ3) is 3.01. The summed E-state index contributed by atoms with van der Waals surface area (Å²) in [7, 11) is 1.42. The maximum atomic E-state index is 13.7. The number of aliphatic hydroxyl groups is 1. The minimum Gasteiger partial charge on any atom is -0.481 e. The second kappa shape index (κ2) is 6.16. The van der Waals surface area contributed by atoms with Crippen molar-refractivity contribution >= 4 is 0 Å². The van der Waals surface area contributed by atoms with Crippen molar-refractivity contribution in [2.24, 2.45) is 0 Å². The molecule has 0 fully saturated rings. The molecule has 7 heteroatoms. The SMILES string of the molecule is COc1cc(C)c([C@H](C)[C@@](O)(c2ccncc2)C(F)(F)F)cn1. The van der Waals surface area contributed by atoms with Crippen LogP contribution < -0.4 is 4.74 Å². The van der Waals surface area contributed by atoms with Crippen molar-refractivity contribution in [1.29, 1.82) is 0 Å². The van der Waals surface area contributed by atoms with Gasteiger partial charge in [0.1, 0.15) is 0 Å². The van der Waals surface area contributed by atoms with E-state index < -0.39 is 17.7 Å². The molecule has 23 heavy (non-hydrogen) atoms. The number of aromatic nitrogens is 2. The quantitative estimate of drug-likeness (QED) is 0.936. The van der Waals surface area contributed by atoms with Gasteiger partial charge in [-0.05, 0) is 35.7 Å². The van der Waals surface area contributed by atoms with E-state index in [1.165, 1.54) is 38.7 Å². The molecule has 0 aliphatic carbocycles. The molecule has 2 atom stereocenters. The molecule has 1 N–H and O–H groups in total. The zero-order chi connectivity index (χ0) is 17.3. The molecule has 0 amide bonds. The molecular weight excluding hydrogens is 309 g/mol. The monoisotopic (exact) mass is 326 g/mol. The normalized spacial score (nSPS) is 15.8. The van der Waals surface area contributed by atoms with Gasteiger partial charge < -0.3 is 9.84 Å². The smallest absolute Gasteiger partial charge is 0.422 e. The van der Waals surface area contributed by atoms with Crippen LogP contribution in [0.2, 0.25) is 0 Å². The van der Waals surface area contributed by atoms with Gasteiger partial charge in [0.15, 0.2) is 5.60 Å². The van der Waals surface area contributed by atoms with Gasteiger partial charge >= 0.3 is 6.18 Å². The van der Waals surface area contributed by atoms with Crippen LogP contribution >= 0.6 is 0 Å². The average Bonchev–Trinajstić information content (AvgIpc) is 2.53. The summed E-state index contributed by atoms with van der Waals surface area (Å²) in [6, 6.07) is 3.86. The van der Waals surface area contributed by atoms with Crippen LogP contribution in [0.1, 0.15) is 29.5 Å². The molecule has 0 aromatic carbocycles. The van der Waals surface area contributed by atoms with E-state index in [-0.39, 0.29) is 5.56 Å². The number of hydrogen-bond donors (Lipinski definition) is 1. The lowest BCUT2D eigenvalue weighted by molar-refractivity contribution is -0.274. The van der Waals surface area contributed by atoms with E-state index in [0.29, 0.717) is 17.0 Å². The summed E-state index contributed by atoms with van der Waals surface area (Å²) in [6.07, 6.45) is -1.12. The summed E-state index contributed by atoms with van der Waals surface area (Å²) in [6.45, 7) is 2.98. The molecule has 0 radical (unpaired) electrons. The van der Waals surface area contributed by atoms with Gasteiger partial charge in [-0.3, -0.25) is 4.98 Å². The number of aryl methyl sites for hydroxylation is 1. The van der Waals surface area contributed by atoms with Gasteiger partial charge in [-0.25, -0.2) is 4.98 Å². The second-order valence-electron chi connectivity index (χ2n) is 5.30. The van der Waals surface area contributed by atoms with E-state index in [9.17, 15) is 18.3 Å². The Kier molecular flexibility index (Phi) is 4.61. The molecule has 4 nitrogen and oxygen atoms in total. The molecular formula is C16H17F3N2O2. The van der Waals surface area contributed by atoms with Gasteiger partial charge in [0.05, 0.1) is 7.11 Å². The van der Waals surface area contributed by atoms with Crippen molar-refractivity contribution in [3.05, 3.63) is 53.5 Å². The molecule has 2 aromatic heterocycles. The van der Waals surface area contributed by atoms with Crippen LogP contribution in [0.15, 0.2) is 36.8 Å². The highest BCUT2D eigenvalue weighted by atomic mass is 19.4. The number of alkyl halides is 3. The van der Waals surface area contributed by atoms with Gasteiger partial charge in [-0.2, -0.15) is 13.2 Å². The Morgan fingerprint density at radius 2 is 1.83 bits per heavy atom. The Morgan fingerprint density at radius 3 is 2.30 bits per heavy atom. The predicted molar refractivity (Wildman–Crippen MR) is 78.1 cm³/mol. The molecule has 0 bridgehead atoms. The Labute approximate surface area is 132 Å². The van der Waals surface area contributed by atoms with Gasteiger partial charge in [0.25, 0.3) is 0 Å². The second-order valence-corrected chi connectivity index (χ2v) is 5.30. The van der Waals surface area contributed by atoms with Gasteiger partial charge in [-0.15, -0.1) is 0 Å². The first kappa shape index (κ1) is 17.2. The first-order valence-electron chi connectivity index (χ1n) is 6.92. The van der Waals surface area contributed by atoms with Crippen molar-refractivity contribution < 1.29 is 23.0 Å². The van der Waals surface area contributed by atoms with Crippen molar-refractivity contribution in [1.82, 2.24) is 9.97 Å². The standard InChI is InChI=1S/C16H17F3N2O2/c1-10-8-14(23-3)21-9-13(10)11(2)15(22,16(17,18)19)12-4-6-20-7-5-12/h4-9,11,22H,1-3H3/t11-,15+/m0/s1. The summed E-state index contributed by atoms with van der Waals surface area (Å²) in [5.74, 6) is -0.957. The van der Waals surface area contributed by atoms with E-state index >= 15 is 0 Å². The topological polar surface area (TPSA) is 55.2 Å². The van der Waals surface area contributed by atoms with E-state index in [1.807, 2.05) is 0 Å². The number of pyridine rings is 2.